The second kappa shape index (κ2) is 3.67. The first kappa shape index (κ1) is 6.81. The molecule has 0 aliphatic rings. The van der Waals surface area contributed by atoms with Gasteiger partial charge in [-0.15, -0.1) is 0 Å². The molecular formula is C5H7S2Se+. The summed E-state index contributed by atoms with van der Waals surface area (Å²) in [4.78, 5) is 2.27. The third kappa shape index (κ3) is 1.90. The second-order valence-electron chi connectivity index (χ2n) is 1.19. The molecule has 0 N–H and O–H groups in total. The first-order valence-electron chi connectivity index (χ1n) is 2.41. The molecule has 0 bridgehead atoms. The van der Waals surface area contributed by atoms with Crippen molar-refractivity contribution in [1.29, 1.82) is 0 Å². The van der Waals surface area contributed by atoms with Crippen molar-refractivity contribution in [2.45, 2.75) is 10.0 Å². The van der Waals surface area contributed by atoms with E-state index in [2.05, 4.69) is 17.2 Å². The Hall–Kier alpha value is 0.699. The van der Waals surface area contributed by atoms with E-state index in [1.165, 1.54) is 5.75 Å². The van der Waals surface area contributed by atoms with E-state index in [0.717, 1.165) is 0 Å². The van der Waals surface area contributed by atoms with E-state index in [9.17, 15) is 0 Å². The van der Waals surface area contributed by atoms with Gasteiger partial charge < -0.3 is 0 Å². The third-order valence-corrected chi connectivity index (χ3v) is 5.99. The van der Waals surface area contributed by atoms with Crippen molar-refractivity contribution < 1.29 is 0 Å². The van der Waals surface area contributed by atoms with Crippen LogP contribution < -0.4 is 0 Å². The van der Waals surface area contributed by atoms with Crippen molar-refractivity contribution >= 4 is 37.6 Å². The Morgan fingerprint density at radius 2 is 2.75 bits per heavy atom. The van der Waals surface area contributed by atoms with Crippen LogP contribution in [0.1, 0.15) is 6.92 Å². The molecule has 1 rings (SSSR count). The summed E-state index contributed by atoms with van der Waals surface area (Å²) in [5.41, 5.74) is 0. The van der Waals surface area contributed by atoms with Gasteiger partial charge in [0.05, 0.1) is 0 Å². The van der Waals surface area contributed by atoms with Crippen LogP contribution >= 0.6 is 23.1 Å². The van der Waals surface area contributed by atoms with Gasteiger partial charge in [0.1, 0.15) is 0 Å². The molecule has 0 unspecified atom stereocenters. The molecule has 0 atom stereocenters. The van der Waals surface area contributed by atoms with Crippen molar-refractivity contribution in [3.63, 3.8) is 0 Å². The Kier molecular flexibility index (Phi) is 3.13. The molecule has 0 aromatic carbocycles. The van der Waals surface area contributed by atoms with Crippen molar-refractivity contribution in [2.75, 3.05) is 5.75 Å². The molecule has 0 saturated carbocycles. The fraction of sp³-hybridized carbons (Fsp3) is 0.400. The summed E-state index contributed by atoms with van der Waals surface area (Å²) in [6.45, 7) is 2.20. The predicted molar refractivity (Wildman–Crippen MR) is 42.1 cm³/mol. The normalized spacial score (nSPS) is 9.62. The topological polar surface area (TPSA) is 0 Å². The van der Waals surface area contributed by atoms with Crippen LogP contribution in [0.4, 0.5) is 0 Å². The molecule has 0 radical (unpaired) electrons. The van der Waals surface area contributed by atoms with Crippen LogP contribution in [0.5, 0.6) is 0 Å². The maximum absolute atomic E-state index is 2.27. The zero-order valence-corrected chi connectivity index (χ0v) is 7.93. The van der Waals surface area contributed by atoms with Crippen LogP contribution in [0.2, 0.25) is 0 Å². The number of hydrogen-bond donors (Lipinski definition) is 0. The van der Waals surface area contributed by atoms with Crippen LogP contribution in [0, 0.1) is 0 Å². The summed E-state index contributed by atoms with van der Waals surface area (Å²) in [6, 6.07) is 0. The van der Waals surface area contributed by atoms with Gasteiger partial charge in [-0.05, 0) is 0 Å². The first-order chi connectivity index (χ1) is 3.93. The molecule has 0 spiro atoms. The van der Waals surface area contributed by atoms with Crippen molar-refractivity contribution in [1.82, 2.24) is 0 Å². The van der Waals surface area contributed by atoms with Crippen molar-refractivity contribution in [2.24, 2.45) is 0 Å². The van der Waals surface area contributed by atoms with E-state index in [0.29, 0.717) is 14.5 Å². The van der Waals surface area contributed by atoms with Gasteiger partial charge in [-0.3, -0.25) is 0 Å². The third-order valence-electron chi connectivity index (χ3n) is 0.646. The Labute approximate surface area is 63.7 Å². The van der Waals surface area contributed by atoms with E-state index in [-0.39, 0.29) is 0 Å². The van der Waals surface area contributed by atoms with Gasteiger partial charge in [0.25, 0.3) is 0 Å². The van der Waals surface area contributed by atoms with Gasteiger partial charge in [-0.1, -0.05) is 0 Å². The van der Waals surface area contributed by atoms with Crippen molar-refractivity contribution in [3.05, 3.63) is 10.3 Å². The molecule has 8 heavy (non-hydrogen) atoms. The summed E-state index contributed by atoms with van der Waals surface area (Å²) in [7, 11) is 0. The minimum absolute atomic E-state index is 0.700. The van der Waals surface area contributed by atoms with Gasteiger partial charge in [0.15, 0.2) is 0 Å². The Bertz CT molecular complexity index is 136. The Morgan fingerprint density at radius 3 is 3.25 bits per heavy atom. The van der Waals surface area contributed by atoms with Gasteiger partial charge in [0, 0.05) is 0 Å². The number of thioether (sulfide) groups is 1. The second-order valence-corrected chi connectivity index (χ2v) is 6.73. The molecule has 1 heterocycles. The van der Waals surface area contributed by atoms with Gasteiger partial charge in [-0.25, -0.2) is 0 Å². The van der Waals surface area contributed by atoms with E-state index in [4.69, 9.17) is 0 Å². The average molecular weight is 210 g/mol. The Morgan fingerprint density at radius 1 is 1.88 bits per heavy atom. The monoisotopic (exact) mass is 211 g/mol. The summed E-state index contributed by atoms with van der Waals surface area (Å²) in [6.07, 6.45) is 0. The zero-order chi connectivity index (χ0) is 5.82. The summed E-state index contributed by atoms with van der Waals surface area (Å²) in [5.74, 6) is 1.23. The van der Waals surface area contributed by atoms with Crippen LogP contribution in [0.15, 0.2) is 13.4 Å². The SMILES string of the molecule is CCSc1[s+]cc[se]1. The molecule has 0 aliphatic carbocycles. The number of hydrogen-bond acceptors (Lipinski definition) is 1. The molecule has 0 fully saturated rings. The Balaban J connectivity index is 2.50. The van der Waals surface area contributed by atoms with Crippen LogP contribution in [0.25, 0.3) is 0 Å². The fourth-order valence-electron chi connectivity index (χ4n) is 0.380. The summed E-state index contributed by atoms with van der Waals surface area (Å²) >= 11 is 4.58. The molecular weight excluding hydrogens is 203 g/mol. The fourth-order valence-corrected chi connectivity index (χ4v) is 5.13. The van der Waals surface area contributed by atoms with Gasteiger partial charge >= 0.3 is 63.7 Å². The van der Waals surface area contributed by atoms with Crippen LogP contribution in [-0.4, -0.2) is 20.3 Å². The molecule has 0 amide bonds. The standard InChI is InChI=1S/C5H7S2Se/c1-2-6-5-7-3-4-8-5/h3-4H,2H2,1H3/q+1. The maximum atomic E-state index is 2.27. The molecule has 1 aromatic heterocycles. The van der Waals surface area contributed by atoms with Crippen molar-refractivity contribution in [3.8, 4) is 0 Å². The molecule has 3 heteroatoms. The van der Waals surface area contributed by atoms with Gasteiger partial charge in [0.2, 0.25) is 0 Å². The van der Waals surface area contributed by atoms with E-state index >= 15 is 0 Å². The zero-order valence-electron chi connectivity index (χ0n) is 4.59. The van der Waals surface area contributed by atoms with Crippen LogP contribution in [-0.2, 0) is 0 Å². The molecule has 0 saturated heterocycles. The minimum atomic E-state index is 0.700. The van der Waals surface area contributed by atoms with Gasteiger partial charge in [-0.2, -0.15) is 0 Å². The van der Waals surface area contributed by atoms with E-state index in [1.807, 2.05) is 23.1 Å². The summed E-state index contributed by atoms with van der Waals surface area (Å²) < 4.78 is 1.61. The average Bonchev–Trinajstić information content (AvgIpc) is 2.19. The molecule has 44 valence electrons. The summed E-state index contributed by atoms with van der Waals surface area (Å²) in [5, 5.41) is 2.19. The molecule has 0 aliphatic heterocycles. The quantitative estimate of drug-likeness (QED) is 0.409. The predicted octanol–water partition coefficient (Wildman–Crippen LogP) is 2.20. The van der Waals surface area contributed by atoms with E-state index < -0.39 is 0 Å². The van der Waals surface area contributed by atoms with Crippen LogP contribution in [0.3, 0.4) is 0 Å². The van der Waals surface area contributed by atoms with E-state index in [1.54, 1.807) is 3.08 Å². The first-order valence-corrected chi connectivity index (χ1v) is 6.12. The number of rotatable bonds is 2. The molecule has 0 nitrogen and oxygen atoms in total. The molecule has 1 aromatic rings.